The van der Waals surface area contributed by atoms with Gasteiger partial charge in [0.1, 0.15) is 6.29 Å². The van der Waals surface area contributed by atoms with Crippen molar-refractivity contribution in [2.24, 2.45) is 0 Å². The predicted molar refractivity (Wildman–Crippen MR) is 91.2 cm³/mol. The molecule has 0 N–H and O–H groups in total. The fourth-order valence-electron chi connectivity index (χ4n) is 3.26. The van der Waals surface area contributed by atoms with Crippen molar-refractivity contribution in [1.82, 2.24) is 4.90 Å². The van der Waals surface area contributed by atoms with Gasteiger partial charge in [0.15, 0.2) is 0 Å². The summed E-state index contributed by atoms with van der Waals surface area (Å²) >= 11 is 12.1. The first-order chi connectivity index (χ1) is 11.0. The first-order valence-corrected chi connectivity index (χ1v) is 8.05. The molecule has 0 radical (unpaired) electrons. The quantitative estimate of drug-likeness (QED) is 0.764. The second-order valence-electron chi connectivity index (χ2n) is 5.63. The Morgan fingerprint density at radius 3 is 2.61 bits per heavy atom. The van der Waals surface area contributed by atoms with Crippen LogP contribution < -0.4 is 0 Å². The minimum absolute atomic E-state index is 0.0263. The van der Waals surface area contributed by atoms with Crippen LogP contribution in [0, 0.1) is 0 Å². The van der Waals surface area contributed by atoms with Gasteiger partial charge in [0, 0.05) is 24.9 Å². The van der Waals surface area contributed by atoms with E-state index < -0.39 is 0 Å². The molecule has 1 aliphatic heterocycles. The van der Waals surface area contributed by atoms with Crippen LogP contribution in [-0.2, 0) is 4.79 Å². The van der Waals surface area contributed by atoms with E-state index in [0.29, 0.717) is 22.0 Å². The van der Waals surface area contributed by atoms with Crippen molar-refractivity contribution in [3.8, 4) is 0 Å². The summed E-state index contributed by atoms with van der Waals surface area (Å²) in [5.74, 6) is -0.193. The predicted octanol–water partition coefficient (Wildman–Crippen LogP) is 4.49. The van der Waals surface area contributed by atoms with E-state index in [-0.39, 0.29) is 17.9 Å². The highest BCUT2D eigenvalue weighted by Gasteiger charge is 2.39. The second-order valence-corrected chi connectivity index (χ2v) is 6.44. The van der Waals surface area contributed by atoms with E-state index in [1.807, 2.05) is 30.3 Å². The van der Waals surface area contributed by atoms with Crippen molar-refractivity contribution in [3.63, 3.8) is 0 Å². The smallest absolute Gasteiger partial charge is 0.254 e. The van der Waals surface area contributed by atoms with Gasteiger partial charge in [0.05, 0.1) is 16.1 Å². The number of halogens is 2. The van der Waals surface area contributed by atoms with Crippen LogP contribution in [0.5, 0.6) is 0 Å². The van der Waals surface area contributed by atoms with Crippen LogP contribution in [0.15, 0.2) is 42.5 Å². The molecular weight excluding hydrogens is 333 g/mol. The number of rotatable bonds is 4. The molecule has 2 aromatic carbocycles. The minimum atomic E-state index is -0.193. The molecule has 0 aromatic heterocycles. The summed E-state index contributed by atoms with van der Waals surface area (Å²) in [6.07, 6.45) is 1.18. The van der Waals surface area contributed by atoms with Gasteiger partial charge in [-0.1, -0.05) is 47.5 Å². The van der Waals surface area contributed by atoms with Gasteiger partial charge < -0.3 is 9.69 Å². The largest absolute Gasteiger partial charge is 0.334 e. The fraction of sp³-hybridized carbons (Fsp3) is 0.222. The molecular formula is C18H15Cl2NO2. The molecule has 1 heterocycles. The van der Waals surface area contributed by atoms with Gasteiger partial charge in [-0.15, -0.1) is 0 Å². The zero-order valence-electron chi connectivity index (χ0n) is 12.5. The lowest BCUT2D eigenvalue weighted by molar-refractivity contribution is -0.108. The van der Waals surface area contributed by atoms with Crippen LogP contribution in [0.2, 0.25) is 10.0 Å². The number of benzene rings is 2. The fourth-order valence-corrected chi connectivity index (χ4v) is 3.56. The lowest BCUT2D eigenvalue weighted by Gasteiger charge is -2.29. The molecule has 0 aliphatic carbocycles. The van der Waals surface area contributed by atoms with E-state index in [1.165, 1.54) is 0 Å². The van der Waals surface area contributed by atoms with Gasteiger partial charge in [-0.05, 0) is 29.3 Å². The average Bonchev–Trinajstić information content (AvgIpc) is 2.80. The molecule has 3 rings (SSSR count). The molecule has 2 atom stereocenters. The van der Waals surface area contributed by atoms with E-state index in [1.54, 1.807) is 24.1 Å². The van der Waals surface area contributed by atoms with Gasteiger partial charge >= 0.3 is 0 Å². The Labute approximate surface area is 144 Å². The number of aldehydes is 1. The first kappa shape index (κ1) is 16.0. The van der Waals surface area contributed by atoms with Crippen molar-refractivity contribution >= 4 is 35.4 Å². The molecule has 118 valence electrons. The van der Waals surface area contributed by atoms with Crippen molar-refractivity contribution in [3.05, 3.63) is 69.2 Å². The van der Waals surface area contributed by atoms with Crippen LogP contribution in [0.3, 0.4) is 0 Å². The number of amides is 1. The Hall–Kier alpha value is -1.84. The van der Waals surface area contributed by atoms with Crippen LogP contribution in [0.25, 0.3) is 0 Å². The van der Waals surface area contributed by atoms with Gasteiger partial charge in [0.25, 0.3) is 5.91 Å². The van der Waals surface area contributed by atoms with Gasteiger partial charge in [-0.3, -0.25) is 4.79 Å². The van der Waals surface area contributed by atoms with E-state index in [4.69, 9.17) is 23.2 Å². The highest BCUT2D eigenvalue weighted by Crippen LogP contribution is 2.44. The van der Waals surface area contributed by atoms with E-state index in [9.17, 15) is 9.59 Å². The standard InChI is InChI=1S/C18H15Cl2NO2/c1-21-17(13-4-2-3-5-14(13)18(21)23)12(8-9-22)11-6-7-15(19)16(20)10-11/h2-7,9-10,12,17H,8H2,1H3/t12-,17-/m1/s1. The van der Waals surface area contributed by atoms with E-state index in [0.717, 1.165) is 17.4 Å². The number of hydrogen-bond acceptors (Lipinski definition) is 2. The summed E-state index contributed by atoms with van der Waals surface area (Å²) in [7, 11) is 1.77. The molecule has 1 amide bonds. The summed E-state index contributed by atoms with van der Waals surface area (Å²) in [6, 6.07) is 12.7. The van der Waals surface area contributed by atoms with E-state index in [2.05, 4.69) is 0 Å². The number of fused-ring (bicyclic) bond motifs is 1. The topological polar surface area (TPSA) is 37.4 Å². The maximum atomic E-state index is 12.5. The van der Waals surface area contributed by atoms with Crippen molar-refractivity contribution < 1.29 is 9.59 Å². The number of nitrogens with zero attached hydrogens (tertiary/aromatic N) is 1. The van der Waals surface area contributed by atoms with Gasteiger partial charge in [-0.2, -0.15) is 0 Å². The normalized spacial score (nSPS) is 18.0. The minimum Gasteiger partial charge on any atom is -0.334 e. The highest BCUT2D eigenvalue weighted by atomic mass is 35.5. The van der Waals surface area contributed by atoms with E-state index >= 15 is 0 Å². The Bertz CT molecular complexity index is 775. The number of carbonyl (C=O) groups is 2. The summed E-state index contributed by atoms with van der Waals surface area (Å²) in [6.45, 7) is 0. The Morgan fingerprint density at radius 2 is 1.91 bits per heavy atom. The molecule has 0 saturated heterocycles. The van der Waals surface area contributed by atoms with Gasteiger partial charge in [-0.25, -0.2) is 0 Å². The molecule has 5 heteroatoms. The zero-order chi connectivity index (χ0) is 16.6. The molecule has 2 aromatic rings. The zero-order valence-corrected chi connectivity index (χ0v) is 14.0. The Kier molecular flexibility index (Phi) is 4.42. The molecule has 0 bridgehead atoms. The number of carbonyl (C=O) groups excluding carboxylic acids is 2. The molecule has 1 aliphatic rings. The van der Waals surface area contributed by atoms with Crippen LogP contribution in [0.4, 0.5) is 0 Å². The lowest BCUT2D eigenvalue weighted by Crippen LogP contribution is -2.28. The number of likely N-dealkylation sites (N-methyl/N-ethyl adjacent to an activating group) is 1. The molecule has 0 unspecified atom stereocenters. The Balaban J connectivity index is 2.09. The van der Waals surface area contributed by atoms with Crippen LogP contribution in [0.1, 0.15) is 39.9 Å². The third-order valence-electron chi connectivity index (χ3n) is 4.35. The Morgan fingerprint density at radius 1 is 1.17 bits per heavy atom. The first-order valence-electron chi connectivity index (χ1n) is 7.29. The number of hydrogen-bond donors (Lipinski definition) is 0. The summed E-state index contributed by atoms with van der Waals surface area (Å²) in [5, 5.41) is 0.914. The maximum Gasteiger partial charge on any atom is 0.254 e. The third-order valence-corrected chi connectivity index (χ3v) is 5.09. The van der Waals surface area contributed by atoms with Crippen molar-refractivity contribution in [2.45, 2.75) is 18.4 Å². The van der Waals surface area contributed by atoms with Gasteiger partial charge in [0.2, 0.25) is 0 Å². The molecule has 3 nitrogen and oxygen atoms in total. The second kappa shape index (κ2) is 6.34. The SMILES string of the molecule is CN1C(=O)c2ccccc2[C@H]1[C@H](CC=O)c1ccc(Cl)c(Cl)c1. The lowest BCUT2D eigenvalue weighted by atomic mass is 9.85. The molecule has 0 spiro atoms. The third kappa shape index (κ3) is 2.75. The van der Waals surface area contributed by atoms with Crippen LogP contribution in [-0.4, -0.2) is 24.1 Å². The molecule has 0 fully saturated rings. The average molecular weight is 348 g/mol. The van der Waals surface area contributed by atoms with Crippen molar-refractivity contribution in [2.75, 3.05) is 7.05 Å². The van der Waals surface area contributed by atoms with Crippen LogP contribution >= 0.6 is 23.2 Å². The maximum absolute atomic E-state index is 12.5. The monoisotopic (exact) mass is 347 g/mol. The molecule has 0 saturated carbocycles. The van der Waals surface area contributed by atoms with Crippen molar-refractivity contribution in [1.29, 1.82) is 0 Å². The summed E-state index contributed by atoms with van der Waals surface area (Å²) in [4.78, 5) is 25.4. The highest BCUT2D eigenvalue weighted by molar-refractivity contribution is 6.42. The summed E-state index contributed by atoms with van der Waals surface area (Å²) < 4.78 is 0. The summed E-state index contributed by atoms with van der Waals surface area (Å²) in [5.41, 5.74) is 2.53. The molecule has 23 heavy (non-hydrogen) atoms.